The predicted octanol–water partition coefficient (Wildman–Crippen LogP) is 4.28. The molecule has 0 radical (unpaired) electrons. The quantitative estimate of drug-likeness (QED) is 0.737. The Morgan fingerprint density at radius 3 is 2.92 bits per heavy atom. The molecule has 13 heavy (non-hydrogen) atoms. The van der Waals surface area contributed by atoms with Crippen molar-refractivity contribution in [3.05, 3.63) is 27.7 Å². The lowest BCUT2D eigenvalue weighted by Gasteiger charge is -2.07. The average molecular weight is 264 g/mol. The summed E-state index contributed by atoms with van der Waals surface area (Å²) in [5.74, 6) is 0.820. The van der Waals surface area contributed by atoms with E-state index in [1.165, 1.54) is 0 Å². The molecule has 0 N–H and O–H groups in total. The van der Waals surface area contributed by atoms with E-state index in [0.29, 0.717) is 5.02 Å². The zero-order valence-electron chi connectivity index (χ0n) is 7.52. The molecular weight excluding hydrogens is 251 g/mol. The second-order valence-electron chi connectivity index (χ2n) is 2.75. The Balaban J connectivity index is 2.61. The van der Waals surface area contributed by atoms with Crippen molar-refractivity contribution in [2.45, 2.75) is 19.8 Å². The van der Waals surface area contributed by atoms with E-state index in [-0.39, 0.29) is 0 Å². The van der Waals surface area contributed by atoms with Gasteiger partial charge in [0.1, 0.15) is 5.75 Å². The number of unbranched alkanes of at least 4 members (excludes halogenated alkanes) is 1. The first-order chi connectivity index (χ1) is 6.25. The van der Waals surface area contributed by atoms with Gasteiger partial charge in [-0.2, -0.15) is 0 Å². The molecule has 1 aromatic carbocycles. The van der Waals surface area contributed by atoms with Crippen LogP contribution in [0.15, 0.2) is 22.7 Å². The third-order valence-electron chi connectivity index (χ3n) is 1.67. The second kappa shape index (κ2) is 5.51. The largest absolute Gasteiger partial charge is 0.492 e. The van der Waals surface area contributed by atoms with E-state index in [2.05, 4.69) is 22.9 Å². The minimum Gasteiger partial charge on any atom is -0.492 e. The van der Waals surface area contributed by atoms with E-state index in [0.717, 1.165) is 29.7 Å². The zero-order chi connectivity index (χ0) is 9.68. The fourth-order valence-electron chi connectivity index (χ4n) is 0.922. The third-order valence-corrected chi connectivity index (χ3v) is 3.03. The molecule has 0 atom stereocenters. The Kier molecular flexibility index (Phi) is 4.60. The van der Waals surface area contributed by atoms with Crippen LogP contribution in [0.2, 0.25) is 5.02 Å². The van der Waals surface area contributed by atoms with Crippen molar-refractivity contribution in [1.29, 1.82) is 0 Å². The van der Waals surface area contributed by atoms with Crippen LogP contribution in [-0.4, -0.2) is 6.61 Å². The molecule has 3 heteroatoms. The predicted molar refractivity (Wildman–Crippen MR) is 59.6 cm³/mol. The Morgan fingerprint density at radius 1 is 1.46 bits per heavy atom. The van der Waals surface area contributed by atoms with Crippen LogP contribution in [-0.2, 0) is 0 Å². The molecule has 0 aliphatic heterocycles. The number of hydrogen-bond acceptors (Lipinski definition) is 1. The first kappa shape index (κ1) is 10.9. The molecule has 0 saturated heterocycles. The smallest absolute Gasteiger partial charge is 0.134 e. The number of halogens is 2. The number of benzene rings is 1. The molecule has 0 unspecified atom stereocenters. The Labute approximate surface area is 92.2 Å². The highest BCUT2D eigenvalue weighted by atomic mass is 79.9. The van der Waals surface area contributed by atoms with Gasteiger partial charge in [-0.15, -0.1) is 0 Å². The van der Waals surface area contributed by atoms with Gasteiger partial charge in [0.2, 0.25) is 0 Å². The minimum atomic E-state index is 0.689. The lowest BCUT2D eigenvalue weighted by atomic mass is 10.3. The van der Waals surface area contributed by atoms with Crippen molar-refractivity contribution in [2.24, 2.45) is 0 Å². The maximum Gasteiger partial charge on any atom is 0.134 e. The van der Waals surface area contributed by atoms with Gasteiger partial charge in [-0.1, -0.05) is 31.0 Å². The third kappa shape index (κ3) is 3.20. The molecule has 1 rings (SSSR count). The molecular formula is C10H12BrClO. The van der Waals surface area contributed by atoms with Gasteiger partial charge in [0.25, 0.3) is 0 Å². The Bertz CT molecular complexity index is 276. The van der Waals surface area contributed by atoms with Crippen molar-refractivity contribution in [1.82, 2.24) is 0 Å². The van der Waals surface area contributed by atoms with Crippen molar-refractivity contribution < 1.29 is 4.74 Å². The molecule has 0 amide bonds. The fourth-order valence-corrected chi connectivity index (χ4v) is 1.47. The SMILES string of the molecule is CCCCOc1cccc(Cl)c1Br. The monoisotopic (exact) mass is 262 g/mol. The van der Waals surface area contributed by atoms with Crippen molar-refractivity contribution in [3.63, 3.8) is 0 Å². The van der Waals surface area contributed by atoms with Crippen molar-refractivity contribution >= 4 is 27.5 Å². The topological polar surface area (TPSA) is 9.23 Å². The van der Waals surface area contributed by atoms with Crippen LogP contribution in [0.4, 0.5) is 0 Å². The Hall–Kier alpha value is -0.210. The van der Waals surface area contributed by atoms with E-state index >= 15 is 0 Å². The van der Waals surface area contributed by atoms with Crippen LogP contribution in [0.1, 0.15) is 19.8 Å². The summed E-state index contributed by atoms with van der Waals surface area (Å²) in [4.78, 5) is 0. The molecule has 72 valence electrons. The number of hydrogen-bond donors (Lipinski definition) is 0. The van der Waals surface area contributed by atoms with Crippen LogP contribution in [0.25, 0.3) is 0 Å². The first-order valence-electron chi connectivity index (χ1n) is 4.32. The van der Waals surface area contributed by atoms with Gasteiger partial charge in [0.15, 0.2) is 0 Å². The summed E-state index contributed by atoms with van der Waals surface area (Å²) in [6.45, 7) is 2.88. The molecule has 0 aromatic heterocycles. The lowest BCUT2D eigenvalue weighted by molar-refractivity contribution is 0.307. The van der Waals surface area contributed by atoms with Gasteiger partial charge in [0.05, 0.1) is 16.1 Å². The highest BCUT2D eigenvalue weighted by Crippen LogP contribution is 2.31. The molecule has 0 saturated carbocycles. The maximum atomic E-state index is 5.90. The van der Waals surface area contributed by atoms with Crippen molar-refractivity contribution in [2.75, 3.05) is 6.61 Å². The molecule has 0 heterocycles. The summed E-state index contributed by atoms with van der Waals surface area (Å²) in [5, 5.41) is 0.689. The first-order valence-corrected chi connectivity index (χ1v) is 5.49. The van der Waals surface area contributed by atoms with E-state index in [9.17, 15) is 0 Å². The van der Waals surface area contributed by atoms with E-state index < -0.39 is 0 Å². The zero-order valence-corrected chi connectivity index (χ0v) is 9.86. The summed E-state index contributed by atoms with van der Waals surface area (Å²) in [7, 11) is 0. The highest BCUT2D eigenvalue weighted by molar-refractivity contribution is 9.10. The Morgan fingerprint density at radius 2 is 2.23 bits per heavy atom. The standard InChI is InChI=1S/C10H12BrClO/c1-2-3-7-13-9-6-4-5-8(12)10(9)11/h4-6H,2-3,7H2,1H3. The van der Waals surface area contributed by atoms with Crippen molar-refractivity contribution in [3.8, 4) is 5.75 Å². The average Bonchev–Trinajstić information content (AvgIpc) is 2.13. The lowest BCUT2D eigenvalue weighted by Crippen LogP contribution is -1.96. The van der Waals surface area contributed by atoms with Crippen LogP contribution in [0.5, 0.6) is 5.75 Å². The van der Waals surface area contributed by atoms with Gasteiger partial charge in [-0.3, -0.25) is 0 Å². The van der Waals surface area contributed by atoms with Gasteiger partial charge < -0.3 is 4.74 Å². The molecule has 0 fully saturated rings. The number of ether oxygens (including phenoxy) is 1. The normalized spacial score (nSPS) is 10.1. The van der Waals surface area contributed by atoms with E-state index in [4.69, 9.17) is 16.3 Å². The number of rotatable bonds is 4. The van der Waals surface area contributed by atoms with E-state index in [1.807, 2.05) is 18.2 Å². The molecule has 1 aromatic rings. The summed E-state index contributed by atoms with van der Waals surface area (Å²) in [6.07, 6.45) is 2.21. The summed E-state index contributed by atoms with van der Waals surface area (Å²) in [5.41, 5.74) is 0. The summed E-state index contributed by atoms with van der Waals surface area (Å²) in [6, 6.07) is 5.62. The summed E-state index contributed by atoms with van der Waals surface area (Å²) >= 11 is 9.28. The van der Waals surface area contributed by atoms with Crippen LogP contribution in [0, 0.1) is 0 Å². The maximum absolute atomic E-state index is 5.90. The molecule has 0 spiro atoms. The van der Waals surface area contributed by atoms with Crippen LogP contribution in [0.3, 0.4) is 0 Å². The van der Waals surface area contributed by atoms with Gasteiger partial charge in [-0.05, 0) is 34.5 Å². The summed E-state index contributed by atoms with van der Waals surface area (Å²) < 4.78 is 6.37. The molecule has 0 bridgehead atoms. The fraction of sp³-hybridized carbons (Fsp3) is 0.400. The van der Waals surface area contributed by atoms with Crippen LogP contribution >= 0.6 is 27.5 Å². The van der Waals surface area contributed by atoms with Crippen LogP contribution < -0.4 is 4.74 Å². The molecule has 1 nitrogen and oxygen atoms in total. The van der Waals surface area contributed by atoms with Gasteiger partial charge in [-0.25, -0.2) is 0 Å². The van der Waals surface area contributed by atoms with E-state index in [1.54, 1.807) is 0 Å². The highest BCUT2D eigenvalue weighted by Gasteiger charge is 2.03. The second-order valence-corrected chi connectivity index (χ2v) is 3.95. The molecule has 0 aliphatic carbocycles. The minimum absolute atomic E-state index is 0.689. The molecule has 0 aliphatic rings. The van der Waals surface area contributed by atoms with Gasteiger partial charge >= 0.3 is 0 Å². The van der Waals surface area contributed by atoms with Gasteiger partial charge in [0, 0.05) is 0 Å².